The van der Waals surface area contributed by atoms with Gasteiger partial charge in [-0.3, -0.25) is 9.59 Å². The van der Waals surface area contributed by atoms with Gasteiger partial charge in [0.25, 0.3) is 6.47 Å². The normalized spacial score (nSPS) is 15.8. The first-order valence-electron chi connectivity index (χ1n) is 10.6. The van der Waals surface area contributed by atoms with Gasteiger partial charge in [-0.15, -0.1) is 0 Å². The van der Waals surface area contributed by atoms with E-state index in [1.54, 1.807) is 0 Å². The van der Waals surface area contributed by atoms with Gasteiger partial charge < -0.3 is 20.3 Å². The van der Waals surface area contributed by atoms with Crippen LogP contribution in [0.1, 0.15) is 36.8 Å². The maximum absolute atomic E-state index is 14.0. The number of hydrogen-bond donors (Lipinski definition) is 2. The van der Waals surface area contributed by atoms with Crippen molar-refractivity contribution in [1.29, 1.82) is 0 Å². The lowest BCUT2D eigenvalue weighted by Gasteiger charge is -2.23. The lowest BCUT2D eigenvalue weighted by molar-refractivity contribution is -0.133. The zero-order valence-corrected chi connectivity index (χ0v) is 18.5. The van der Waals surface area contributed by atoms with Crippen LogP contribution in [0.5, 0.6) is 0 Å². The maximum Gasteiger partial charge on any atom is 0.290 e. The van der Waals surface area contributed by atoms with Gasteiger partial charge >= 0.3 is 0 Å². The van der Waals surface area contributed by atoms with Gasteiger partial charge in [-0.2, -0.15) is 4.98 Å². The van der Waals surface area contributed by atoms with Crippen molar-refractivity contribution < 1.29 is 41.2 Å². The molecule has 0 radical (unpaired) electrons. The fourth-order valence-electron chi connectivity index (χ4n) is 3.78. The molecular formula is C22H20F5N5O4. The average Bonchev–Trinajstić information content (AvgIpc) is 3.48. The highest BCUT2D eigenvalue weighted by atomic mass is 19.2. The first-order valence-corrected chi connectivity index (χ1v) is 10.6. The second-order valence-electron chi connectivity index (χ2n) is 7.82. The summed E-state index contributed by atoms with van der Waals surface area (Å²) < 4.78 is 72.6. The molecule has 0 bridgehead atoms. The number of benzene rings is 1. The van der Waals surface area contributed by atoms with Gasteiger partial charge in [0.2, 0.25) is 17.6 Å². The predicted molar refractivity (Wildman–Crippen MR) is 112 cm³/mol. The minimum Gasteiger partial charge on any atom is -0.483 e. The predicted octanol–water partition coefficient (Wildman–Crippen LogP) is 3.15. The summed E-state index contributed by atoms with van der Waals surface area (Å²) in [5.41, 5.74) is 5.53. The highest BCUT2D eigenvalue weighted by Crippen LogP contribution is 2.33. The first kappa shape index (κ1) is 26.7. The van der Waals surface area contributed by atoms with Crippen LogP contribution >= 0.6 is 0 Å². The lowest BCUT2D eigenvalue weighted by atomic mass is 10.0. The Morgan fingerprint density at radius 3 is 2.56 bits per heavy atom. The molecule has 1 saturated heterocycles. The number of aromatic nitrogens is 3. The van der Waals surface area contributed by atoms with E-state index in [4.69, 9.17) is 20.2 Å². The van der Waals surface area contributed by atoms with Gasteiger partial charge in [0.15, 0.2) is 17.5 Å². The standard InChI is InChI=1S/C21H18F5N5O2.CH2O2/c22-11-6-16(26)19(28-9-11)20-29-21(33-30-20)17-2-1-3-31(17)18(32)7-12(27)4-10-5-14(24)15(25)8-13(10)23;2-1-3/h5-6,8-9,12,17H,1-4,7,27H2;1H,(H,2,3)/t12-,17+;/m1./s1. The molecule has 1 aliphatic rings. The fourth-order valence-corrected chi connectivity index (χ4v) is 3.78. The van der Waals surface area contributed by atoms with E-state index in [-0.39, 0.29) is 48.2 Å². The van der Waals surface area contributed by atoms with Crippen molar-refractivity contribution in [3.63, 3.8) is 0 Å². The topological polar surface area (TPSA) is 135 Å². The molecule has 1 amide bonds. The molecule has 4 rings (SSSR count). The Kier molecular flexibility index (Phi) is 8.64. The van der Waals surface area contributed by atoms with Crippen LogP contribution in [0.4, 0.5) is 22.0 Å². The molecule has 9 nitrogen and oxygen atoms in total. The van der Waals surface area contributed by atoms with Crippen molar-refractivity contribution in [3.05, 3.63) is 64.9 Å². The van der Waals surface area contributed by atoms with Crippen molar-refractivity contribution in [2.75, 3.05) is 6.54 Å². The molecule has 2 aromatic heterocycles. The van der Waals surface area contributed by atoms with Crippen LogP contribution in [0.2, 0.25) is 0 Å². The van der Waals surface area contributed by atoms with Crippen molar-refractivity contribution in [2.24, 2.45) is 5.73 Å². The molecule has 0 aliphatic carbocycles. The summed E-state index contributed by atoms with van der Waals surface area (Å²) in [7, 11) is 0. The molecule has 0 saturated carbocycles. The van der Waals surface area contributed by atoms with Crippen LogP contribution in [0, 0.1) is 29.1 Å². The van der Waals surface area contributed by atoms with Crippen LogP contribution in [0.3, 0.4) is 0 Å². The van der Waals surface area contributed by atoms with Crippen LogP contribution in [0.15, 0.2) is 28.9 Å². The number of carboxylic acid groups (broad SMARTS) is 1. The van der Waals surface area contributed by atoms with Crippen LogP contribution in [-0.4, -0.2) is 50.1 Å². The van der Waals surface area contributed by atoms with Crippen molar-refractivity contribution in [3.8, 4) is 11.5 Å². The van der Waals surface area contributed by atoms with Gasteiger partial charge in [-0.25, -0.2) is 26.9 Å². The van der Waals surface area contributed by atoms with E-state index in [9.17, 15) is 26.7 Å². The summed E-state index contributed by atoms with van der Waals surface area (Å²) in [6, 6.07) is 0.349. The number of rotatable bonds is 6. The summed E-state index contributed by atoms with van der Waals surface area (Å²) in [5, 5.41) is 10.6. The van der Waals surface area contributed by atoms with E-state index in [0.29, 0.717) is 31.5 Å². The quantitative estimate of drug-likeness (QED) is 0.292. The largest absolute Gasteiger partial charge is 0.483 e. The highest BCUT2D eigenvalue weighted by Gasteiger charge is 2.35. The summed E-state index contributed by atoms with van der Waals surface area (Å²) in [5.74, 6) is -5.79. The van der Waals surface area contributed by atoms with Crippen LogP contribution in [0.25, 0.3) is 11.5 Å². The minimum absolute atomic E-state index is 0.0570. The second kappa shape index (κ2) is 11.7. The zero-order valence-electron chi connectivity index (χ0n) is 18.5. The van der Waals surface area contributed by atoms with E-state index in [2.05, 4.69) is 15.1 Å². The molecule has 2 atom stereocenters. The number of carbonyl (C=O) groups is 2. The van der Waals surface area contributed by atoms with Crippen molar-refractivity contribution in [2.45, 2.75) is 37.8 Å². The van der Waals surface area contributed by atoms with E-state index >= 15 is 0 Å². The highest BCUT2D eigenvalue weighted by molar-refractivity contribution is 5.77. The summed E-state index contributed by atoms with van der Waals surface area (Å²) in [4.78, 5) is 30.4. The number of halogens is 5. The van der Waals surface area contributed by atoms with E-state index in [0.717, 1.165) is 12.3 Å². The first-order chi connectivity index (χ1) is 17.1. The molecule has 3 aromatic rings. The number of nitrogens with two attached hydrogens (primary N) is 1. The summed E-state index contributed by atoms with van der Waals surface area (Å²) in [6.07, 6.45) is 1.58. The Bertz CT molecular complexity index is 1240. The van der Waals surface area contributed by atoms with Crippen LogP contribution in [-0.2, 0) is 16.0 Å². The summed E-state index contributed by atoms with van der Waals surface area (Å²) in [6.45, 7) is 0.122. The van der Waals surface area contributed by atoms with Gasteiger partial charge in [0, 0.05) is 31.1 Å². The molecule has 3 heterocycles. The van der Waals surface area contributed by atoms with Gasteiger partial charge in [0.1, 0.15) is 23.4 Å². The van der Waals surface area contributed by atoms with Crippen molar-refractivity contribution >= 4 is 12.4 Å². The Hall–Kier alpha value is -3.94. The third-order valence-corrected chi connectivity index (χ3v) is 5.33. The van der Waals surface area contributed by atoms with Gasteiger partial charge in [-0.1, -0.05) is 5.16 Å². The number of pyridine rings is 1. The number of nitrogens with zero attached hydrogens (tertiary/aromatic N) is 4. The van der Waals surface area contributed by atoms with Gasteiger partial charge in [-0.05, 0) is 30.9 Å². The monoisotopic (exact) mass is 513 g/mol. The average molecular weight is 513 g/mol. The number of amides is 1. The zero-order chi connectivity index (χ0) is 26.4. The molecule has 14 heteroatoms. The fraction of sp³-hybridized carbons (Fsp3) is 0.318. The Morgan fingerprint density at radius 1 is 1.17 bits per heavy atom. The molecule has 1 aromatic carbocycles. The van der Waals surface area contributed by atoms with Crippen LogP contribution < -0.4 is 5.73 Å². The minimum atomic E-state index is -1.31. The smallest absolute Gasteiger partial charge is 0.290 e. The Labute approximate surface area is 200 Å². The molecule has 1 fully saturated rings. The lowest BCUT2D eigenvalue weighted by Crippen LogP contribution is -2.36. The summed E-state index contributed by atoms with van der Waals surface area (Å²) >= 11 is 0. The molecule has 3 N–H and O–H groups in total. The Balaban J connectivity index is 0.00000115. The number of likely N-dealkylation sites (tertiary alicyclic amines) is 1. The third kappa shape index (κ3) is 6.19. The molecule has 0 spiro atoms. The molecule has 36 heavy (non-hydrogen) atoms. The second-order valence-corrected chi connectivity index (χ2v) is 7.82. The van der Waals surface area contributed by atoms with E-state index in [1.807, 2.05) is 0 Å². The third-order valence-electron chi connectivity index (χ3n) is 5.33. The van der Waals surface area contributed by atoms with Gasteiger partial charge in [0.05, 0.1) is 6.20 Å². The van der Waals surface area contributed by atoms with E-state index in [1.165, 1.54) is 4.90 Å². The Morgan fingerprint density at radius 2 is 1.86 bits per heavy atom. The number of carbonyl (C=O) groups excluding carboxylic acids is 1. The van der Waals surface area contributed by atoms with Crippen molar-refractivity contribution in [1.82, 2.24) is 20.0 Å². The molecule has 1 aliphatic heterocycles. The number of hydrogen-bond acceptors (Lipinski definition) is 7. The SMILES string of the molecule is N[C@@H](CC(=O)N1CCC[C@H]1c1nc(-c2ncc(F)cc2F)no1)Cc1cc(F)c(F)cc1F.O=CO. The molecular weight excluding hydrogens is 493 g/mol. The molecule has 0 unspecified atom stereocenters. The molecule has 192 valence electrons. The van der Waals surface area contributed by atoms with E-state index < -0.39 is 41.2 Å². The maximum atomic E-state index is 14.0.